The van der Waals surface area contributed by atoms with Crippen molar-refractivity contribution in [3.63, 3.8) is 0 Å². The number of pyridine rings is 1. The van der Waals surface area contributed by atoms with Crippen LogP contribution in [0.25, 0.3) is 10.9 Å². The van der Waals surface area contributed by atoms with Crippen LogP contribution < -0.4 is 16.0 Å². The van der Waals surface area contributed by atoms with Gasteiger partial charge in [-0.2, -0.15) is 0 Å². The molecule has 5 rings (SSSR count). The number of fused-ring (bicyclic) bond motifs is 1. The molecule has 0 bridgehead atoms. The van der Waals surface area contributed by atoms with Crippen molar-refractivity contribution in [3.8, 4) is 0 Å². The molecule has 0 amide bonds. The topological polar surface area (TPSA) is 70.1 Å². The van der Waals surface area contributed by atoms with E-state index in [4.69, 9.17) is 0 Å². The molecule has 2 N–H and O–H groups in total. The molecule has 0 radical (unpaired) electrons. The van der Waals surface area contributed by atoms with Gasteiger partial charge in [0.2, 0.25) is 0 Å². The van der Waals surface area contributed by atoms with Gasteiger partial charge in [-0.15, -0.1) is 0 Å². The van der Waals surface area contributed by atoms with Crippen molar-refractivity contribution >= 4 is 28.6 Å². The van der Waals surface area contributed by atoms with Gasteiger partial charge in [0.25, 0.3) is 5.56 Å². The minimum Gasteiger partial charge on any atom is -0.361 e. The number of nitrogens with zero attached hydrogens (tertiary/aromatic N) is 2. The Morgan fingerprint density at radius 2 is 1.73 bits per heavy atom. The first-order valence-electron chi connectivity index (χ1n) is 12.4. The predicted octanol–water partition coefficient (Wildman–Crippen LogP) is 6.04. The number of aromatic amines is 1. The second-order valence-electron chi connectivity index (χ2n) is 9.30. The molecule has 37 heavy (non-hydrogen) atoms. The number of aryl methyl sites for hydroxylation is 2. The van der Waals surface area contributed by atoms with Crippen LogP contribution >= 0.6 is 0 Å². The van der Waals surface area contributed by atoms with Crippen molar-refractivity contribution in [2.45, 2.75) is 33.4 Å². The van der Waals surface area contributed by atoms with Gasteiger partial charge in [-0.25, -0.2) is 0 Å². The number of H-pyrrole nitrogens is 1. The quantitative estimate of drug-likeness (QED) is 0.195. The van der Waals surface area contributed by atoms with Gasteiger partial charge in [0.05, 0.1) is 23.5 Å². The molecule has 6 heteroatoms. The summed E-state index contributed by atoms with van der Waals surface area (Å²) in [6.07, 6.45) is 3.52. The van der Waals surface area contributed by atoms with Crippen LogP contribution in [0.2, 0.25) is 0 Å². The summed E-state index contributed by atoms with van der Waals surface area (Å²) in [5.41, 5.74) is 10.3. The maximum absolute atomic E-state index is 13.4. The molecule has 0 spiro atoms. The van der Waals surface area contributed by atoms with E-state index in [1.165, 1.54) is 0 Å². The molecule has 0 aliphatic heterocycles. The Bertz CT molecular complexity index is 1600. The summed E-state index contributed by atoms with van der Waals surface area (Å²) in [5.74, 6) is 0. The maximum Gasteiger partial charge on any atom is 0.252 e. The largest absolute Gasteiger partial charge is 0.361 e. The molecule has 0 aliphatic rings. The highest BCUT2D eigenvalue weighted by Gasteiger charge is 2.19. The van der Waals surface area contributed by atoms with Crippen LogP contribution in [0.5, 0.6) is 0 Å². The van der Waals surface area contributed by atoms with Crippen LogP contribution in [-0.4, -0.2) is 15.8 Å². The number of para-hydroxylation sites is 2. The highest BCUT2D eigenvalue weighted by Crippen LogP contribution is 2.25. The van der Waals surface area contributed by atoms with E-state index in [2.05, 4.69) is 22.5 Å². The normalized spacial score (nSPS) is 11.0. The van der Waals surface area contributed by atoms with Gasteiger partial charge in [-0.05, 0) is 49.6 Å². The molecule has 0 atom stereocenters. The van der Waals surface area contributed by atoms with Crippen molar-refractivity contribution in [1.29, 1.82) is 0 Å². The first-order chi connectivity index (χ1) is 18.0. The summed E-state index contributed by atoms with van der Waals surface area (Å²) >= 11 is 0. The number of nitrogens with one attached hydrogen (secondary N) is 2. The Labute approximate surface area is 216 Å². The van der Waals surface area contributed by atoms with Crippen molar-refractivity contribution < 1.29 is 4.79 Å². The summed E-state index contributed by atoms with van der Waals surface area (Å²) < 4.78 is 1.70. The summed E-state index contributed by atoms with van der Waals surface area (Å²) in [5, 5.41) is 3.03. The lowest BCUT2D eigenvalue weighted by Gasteiger charge is -2.29. The van der Waals surface area contributed by atoms with E-state index in [0.717, 1.165) is 39.6 Å². The Morgan fingerprint density at radius 1 is 0.946 bits per heavy atom. The number of rotatable bonds is 9. The molecular formula is C31H30N4O2. The molecule has 0 unspecified atom stereocenters. The second-order valence-corrected chi connectivity index (χ2v) is 9.30. The molecule has 2 heterocycles. The third-order valence-electron chi connectivity index (χ3n) is 6.75. The zero-order valence-corrected chi connectivity index (χ0v) is 21.1. The number of hydrogen-bond donors (Lipinski definition) is 2. The number of hydrogen-bond acceptors (Lipinski definition) is 4. The lowest BCUT2D eigenvalue weighted by molar-refractivity contribution is 0.112. The van der Waals surface area contributed by atoms with Crippen LogP contribution in [0.15, 0.2) is 95.9 Å². The van der Waals surface area contributed by atoms with E-state index in [1.807, 2.05) is 91.8 Å². The van der Waals surface area contributed by atoms with Gasteiger partial charge in [-0.1, -0.05) is 66.2 Å². The number of carbonyl (C=O) groups excluding carboxylic acids is 1. The maximum atomic E-state index is 13.4. The zero-order valence-electron chi connectivity index (χ0n) is 21.1. The van der Waals surface area contributed by atoms with Crippen LogP contribution in [0.3, 0.4) is 0 Å². The summed E-state index contributed by atoms with van der Waals surface area (Å²) in [4.78, 5) is 29.1. The van der Waals surface area contributed by atoms with Gasteiger partial charge < -0.3 is 9.55 Å². The van der Waals surface area contributed by atoms with E-state index in [-0.39, 0.29) is 5.56 Å². The fourth-order valence-electron chi connectivity index (χ4n) is 4.83. The fraction of sp³-hybridized carbons (Fsp3) is 0.161. The third kappa shape index (κ3) is 5.19. The Kier molecular flexibility index (Phi) is 6.90. The molecular weight excluding hydrogens is 460 g/mol. The number of carbonyl (C=O) groups is 1. The summed E-state index contributed by atoms with van der Waals surface area (Å²) in [7, 11) is 0. The van der Waals surface area contributed by atoms with Crippen LogP contribution in [0.4, 0.5) is 11.4 Å². The smallest absolute Gasteiger partial charge is 0.252 e. The standard InChI is InChI=1S/C31H30N4O2/c1-22-9-8-10-24(17-22)20-35(33-26-11-4-3-5-12-26)30-18-31(37)34(23(2)28(30)21-36)16-15-25-19-32-29-14-7-6-13-27(25)29/h3-14,17-19,21,32-33H,15-16,20H2,1-2H3. The third-order valence-corrected chi connectivity index (χ3v) is 6.75. The fourth-order valence-corrected chi connectivity index (χ4v) is 4.83. The van der Waals surface area contributed by atoms with Crippen LogP contribution in [0.1, 0.15) is 32.7 Å². The predicted molar refractivity (Wildman–Crippen MR) is 150 cm³/mol. The SMILES string of the molecule is Cc1cccc(CN(Nc2ccccc2)c2cc(=O)n(CCc3c[nH]c4ccccc34)c(C)c2C=O)c1. The van der Waals surface area contributed by atoms with Gasteiger partial charge in [0.1, 0.15) is 0 Å². The minimum atomic E-state index is -0.137. The number of anilines is 2. The Hall–Kier alpha value is -4.58. The highest BCUT2D eigenvalue weighted by molar-refractivity contribution is 5.86. The van der Waals surface area contributed by atoms with E-state index in [0.29, 0.717) is 36.5 Å². The van der Waals surface area contributed by atoms with Gasteiger partial charge in [0, 0.05) is 35.4 Å². The average molecular weight is 491 g/mol. The molecule has 0 saturated carbocycles. The number of hydrazine groups is 1. The molecule has 0 aliphatic carbocycles. The Morgan fingerprint density at radius 3 is 2.51 bits per heavy atom. The molecule has 6 nitrogen and oxygen atoms in total. The monoisotopic (exact) mass is 490 g/mol. The van der Waals surface area contributed by atoms with Crippen LogP contribution in [0, 0.1) is 13.8 Å². The number of aromatic nitrogens is 2. The van der Waals surface area contributed by atoms with Gasteiger partial charge in [-0.3, -0.25) is 20.0 Å². The summed E-state index contributed by atoms with van der Waals surface area (Å²) in [6, 6.07) is 27.7. The molecule has 0 saturated heterocycles. The van der Waals surface area contributed by atoms with Crippen molar-refractivity contribution in [2.24, 2.45) is 0 Å². The Balaban J connectivity index is 1.50. The first-order valence-corrected chi connectivity index (χ1v) is 12.4. The first kappa shape index (κ1) is 24.1. The number of aldehydes is 1. The number of benzene rings is 3. The molecule has 186 valence electrons. The molecule has 0 fully saturated rings. The van der Waals surface area contributed by atoms with E-state index in [9.17, 15) is 9.59 Å². The summed E-state index contributed by atoms with van der Waals surface area (Å²) in [6.45, 7) is 4.86. The zero-order chi connectivity index (χ0) is 25.8. The van der Waals surface area contributed by atoms with E-state index >= 15 is 0 Å². The lowest BCUT2D eigenvalue weighted by atomic mass is 10.1. The molecule has 5 aromatic rings. The van der Waals surface area contributed by atoms with E-state index < -0.39 is 0 Å². The lowest BCUT2D eigenvalue weighted by Crippen LogP contribution is -2.34. The molecule has 3 aromatic carbocycles. The van der Waals surface area contributed by atoms with Gasteiger partial charge in [0.15, 0.2) is 6.29 Å². The van der Waals surface area contributed by atoms with Crippen molar-refractivity contribution in [3.05, 3.63) is 129 Å². The second kappa shape index (κ2) is 10.6. The van der Waals surface area contributed by atoms with Gasteiger partial charge >= 0.3 is 0 Å². The average Bonchev–Trinajstić information content (AvgIpc) is 3.32. The van der Waals surface area contributed by atoms with Crippen LogP contribution in [-0.2, 0) is 19.5 Å². The molecule has 2 aromatic heterocycles. The van der Waals surface area contributed by atoms with E-state index in [1.54, 1.807) is 10.6 Å². The van der Waals surface area contributed by atoms with Crippen molar-refractivity contribution in [1.82, 2.24) is 9.55 Å². The van der Waals surface area contributed by atoms with Crippen molar-refractivity contribution in [2.75, 3.05) is 10.4 Å². The highest BCUT2D eigenvalue weighted by atomic mass is 16.1. The minimum absolute atomic E-state index is 0.137.